The molecule has 1 aliphatic carbocycles. The van der Waals surface area contributed by atoms with Crippen LogP contribution in [0.25, 0.3) is 5.69 Å². The molecule has 0 spiro atoms. The molecule has 12 heteroatoms. The highest BCUT2D eigenvalue weighted by molar-refractivity contribution is 5.89. The van der Waals surface area contributed by atoms with Crippen molar-refractivity contribution in [3.8, 4) is 5.69 Å². The van der Waals surface area contributed by atoms with E-state index in [1.165, 1.54) is 4.57 Å². The summed E-state index contributed by atoms with van der Waals surface area (Å²) in [6.45, 7) is 5.62. The predicted octanol–water partition coefficient (Wildman–Crippen LogP) is 0.285. The molecule has 3 atom stereocenters. The van der Waals surface area contributed by atoms with Crippen molar-refractivity contribution in [3.05, 3.63) is 52.6 Å². The normalized spacial score (nSPS) is 22.2. The molecule has 1 saturated heterocycles. The van der Waals surface area contributed by atoms with Gasteiger partial charge >= 0.3 is 11.7 Å². The van der Waals surface area contributed by atoms with Crippen LogP contribution in [0.1, 0.15) is 38.7 Å². The Balaban J connectivity index is 1.32. The second-order valence-corrected chi connectivity index (χ2v) is 11.4. The van der Waals surface area contributed by atoms with Crippen LogP contribution in [-0.4, -0.2) is 93.1 Å². The lowest BCUT2D eigenvalue weighted by Crippen LogP contribution is -2.58. The van der Waals surface area contributed by atoms with Crippen molar-refractivity contribution in [1.82, 2.24) is 24.3 Å². The minimum Gasteiger partial charge on any atom is -0.338 e. The third-order valence-electron chi connectivity index (χ3n) is 7.47. The van der Waals surface area contributed by atoms with Gasteiger partial charge in [-0.25, -0.2) is 9.59 Å². The van der Waals surface area contributed by atoms with Gasteiger partial charge < -0.3 is 27.0 Å². The van der Waals surface area contributed by atoms with Crippen LogP contribution in [0.15, 0.2) is 41.3 Å². The third-order valence-corrected chi connectivity index (χ3v) is 7.47. The van der Waals surface area contributed by atoms with Crippen LogP contribution in [-0.2, 0) is 11.3 Å². The maximum absolute atomic E-state index is 12.7. The molecule has 1 aromatic carbocycles. The summed E-state index contributed by atoms with van der Waals surface area (Å²) < 4.78 is 1.43. The standard InChI is InChI=1S/C27H41N9O3/c1-27(2,30)24(37)34-10-12-35(13-11-34)25(38)31-23-8-9-36(26(39)32-23)21-6-4-18(5-7-21)17-33(3)22-15-19(28)14-20(29)16-22/h4-9,19-20,22H,10-17,28-30H2,1-3H3,(H,31,32,38,39)/t19-,20+,22-. The van der Waals surface area contributed by atoms with E-state index in [1.807, 2.05) is 24.3 Å². The topological polar surface area (TPSA) is 169 Å². The molecular formula is C27H41N9O3. The highest BCUT2D eigenvalue weighted by Crippen LogP contribution is 2.22. The zero-order chi connectivity index (χ0) is 28.3. The first-order valence-electron chi connectivity index (χ1n) is 13.5. The summed E-state index contributed by atoms with van der Waals surface area (Å²) in [4.78, 5) is 47.4. The second kappa shape index (κ2) is 11.8. The molecule has 2 fully saturated rings. The zero-order valence-electron chi connectivity index (χ0n) is 23.0. The SMILES string of the molecule is CN(Cc1ccc(-n2ccc(NC(=O)N3CCN(C(=O)C(C)(C)N)CC3)nc2=O)cc1)[C@@H]1C[C@H](N)C[C@H](N)C1. The molecule has 1 aromatic heterocycles. The van der Waals surface area contributed by atoms with E-state index in [-0.39, 0.29) is 29.8 Å². The molecule has 7 N–H and O–H groups in total. The highest BCUT2D eigenvalue weighted by atomic mass is 16.2. The Morgan fingerprint density at radius 3 is 2.15 bits per heavy atom. The molecule has 39 heavy (non-hydrogen) atoms. The molecule has 212 valence electrons. The number of amides is 3. The lowest BCUT2D eigenvalue weighted by molar-refractivity contribution is -0.137. The summed E-state index contributed by atoms with van der Waals surface area (Å²) in [6.07, 6.45) is 4.34. The third kappa shape index (κ3) is 7.21. The number of urea groups is 1. The van der Waals surface area contributed by atoms with Crippen LogP contribution >= 0.6 is 0 Å². The van der Waals surface area contributed by atoms with Gasteiger partial charge in [0.15, 0.2) is 0 Å². The fourth-order valence-electron chi connectivity index (χ4n) is 5.29. The summed E-state index contributed by atoms with van der Waals surface area (Å²) in [5, 5.41) is 2.68. The monoisotopic (exact) mass is 539 g/mol. The number of aromatic nitrogens is 2. The molecule has 4 rings (SSSR count). The van der Waals surface area contributed by atoms with E-state index < -0.39 is 11.2 Å². The predicted molar refractivity (Wildman–Crippen MR) is 150 cm³/mol. The van der Waals surface area contributed by atoms with Crippen molar-refractivity contribution in [1.29, 1.82) is 0 Å². The average Bonchev–Trinajstić information content (AvgIpc) is 2.88. The molecule has 12 nitrogen and oxygen atoms in total. The Morgan fingerprint density at radius 1 is 1.00 bits per heavy atom. The number of nitrogens with zero attached hydrogens (tertiary/aromatic N) is 5. The molecule has 1 aliphatic heterocycles. The number of hydrogen-bond acceptors (Lipinski definition) is 8. The van der Waals surface area contributed by atoms with Gasteiger partial charge in [-0.2, -0.15) is 4.98 Å². The molecule has 0 unspecified atom stereocenters. The van der Waals surface area contributed by atoms with Gasteiger partial charge in [-0.15, -0.1) is 0 Å². The van der Waals surface area contributed by atoms with Gasteiger partial charge in [0.25, 0.3) is 0 Å². The zero-order valence-corrected chi connectivity index (χ0v) is 23.0. The van der Waals surface area contributed by atoms with Crippen LogP contribution in [0.5, 0.6) is 0 Å². The second-order valence-electron chi connectivity index (χ2n) is 11.4. The van der Waals surface area contributed by atoms with Crippen LogP contribution in [0.4, 0.5) is 10.6 Å². The van der Waals surface area contributed by atoms with Crippen molar-refractivity contribution >= 4 is 17.8 Å². The molecule has 2 aromatic rings. The Kier molecular flexibility index (Phi) is 8.70. The number of rotatable bonds is 6. The van der Waals surface area contributed by atoms with Gasteiger partial charge in [-0.1, -0.05) is 12.1 Å². The molecule has 2 aliphatic rings. The van der Waals surface area contributed by atoms with Crippen LogP contribution in [0.2, 0.25) is 0 Å². The number of nitrogens with two attached hydrogens (primary N) is 3. The Morgan fingerprint density at radius 2 is 1.59 bits per heavy atom. The van der Waals surface area contributed by atoms with Gasteiger partial charge in [-0.05, 0) is 63.9 Å². The van der Waals surface area contributed by atoms with Crippen LogP contribution in [0, 0.1) is 0 Å². The summed E-state index contributed by atoms with van der Waals surface area (Å²) in [7, 11) is 2.09. The Labute approximate surface area is 229 Å². The lowest BCUT2D eigenvalue weighted by atomic mass is 9.87. The fraction of sp³-hybridized carbons (Fsp3) is 0.556. The van der Waals surface area contributed by atoms with Gasteiger partial charge in [0.1, 0.15) is 5.82 Å². The Bertz CT molecular complexity index is 1210. The fourth-order valence-corrected chi connectivity index (χ4v) is 5.29. The van der Waals surface area contributed by atoms with Crippen molar-refractivity contribution < 1.29 is 9.59 Å². The van der Waals surface area contributed by atoms with E-state index in [9.17, 15) is 14.4 Å². The number of nitrogens with one attached hydrogen (secondary N) is 1. The molecule has 3 amide bonds. The number of carbonyl (C=O) groups is 2. The van der Waals surface area contributed by atoms with E-state index in [0.717, 1.165) is 31.4 Å². The largest absolute Gasteiger partial charge is 0.354 e. The maximum atomic E-state index is 12.7. The molecule has 0 radical (unpaired) electrons. The van der Waals surface area contributed by atoms with E-state index in [2.05, 4.69) is 22.2 Å². The number of hydrogen-bond donors (Lipinski definition) is 4. The van der Waals surface area contributed by atoms with Crippen molar-refractivity contribution in [3.63, 3.8) is 0 Å². The Hall–Kier alpha value is -3.32. The van der Waals surface area contributed by atoms with Crippen molar-refractivity contribution in [2.75, 3.05) is 38.5 Å². The summed E-state index contributed by atoms with van der Waals surface area (Å²) in [6, 6.07) is 9.60. The van der Waals surface area contributed by atoms with E-state index >= 15 is 0 Å². The quantitative estimate of drug-likeness (QED) is 0.406. The number of anilines is 1. The van der Waals surface area contributed by atoms with Gasteiger partial charge in [0.2, 0.25) is 5.91 Å². The number of benzene rings is 1. The lowest BCUT2D eigenvalue weighted by Gasteiger charge is -2.37. The first-order chi connectivity index (χ1) is 18.4. The highest BCUT2D eigenvalue weighted by Gasteiger charge is 2.31. The maximum Gasteiger partial charge on any atom is 0.354 e. The molecular weight excluding hydrogens is 498 g/mol. The van der Waals surface area contributed by atoms with Gasteiger partial charge in [0.05, 0.1) is 11.2 Å². The van der Waals surface area contributed by atoms with Gasteiger partial charge in [0, 0.05) is 57.0 Å². The van der Waals surface area contributed by atoms with Crippen LogP contribution < -0.4 is 28.2 Å². The minimum absolute atomic E-state index is 0.139. The van der Waals surface area contributed by atoms with E-state index in [0.29, 0.717) is 37.9 Å². The first kappa shape index (κ1) is 28.7. The molecule has 2 heterocycles. The van der Waals surface area contributed by atoms with Crippen molar-refractivity contribution in [2.24, 2.45) is 17.2 Å². The van der Waals surface area contributed by atoms with E-state index in [1.54, 1.807) is 35.9 Å². The molecule has 1 saturated carbocycles. The smallest absolute Gasteiger partial charge is 0.338 e. The number of carbonyl (C=O) groups excluding carboxylic acids is 2. The number of piperazine rings is 1. The average molecular weight is 540 g/mol. The van der Waals surface area contributed by atoms with Crippen LogP contribution in [0.3, 0.4) is 0 Å². The summed E-state index contributed by atoms with van der Waals surface area (Å²) in [5.41, 5.74) is 18.6. The molecule has 0 bridgehead atoms. The van der Waals surface area contributed by atoms with Gasteiger partial charge in [-0.3, -0.25) is 19.6 Å². The minimum atomic E-state index is -0.951. The van der Waals surface area contributed by atoms with Crippen molar-refractivity contribution in [2.45, 2.75) is 63.3 Å². The van der Waals surface area contributed by atoms with E-state index in [4.69, 9.17) is 17.2 Å². The first-order valence-corrected chi connectivity index (χ1v) is 13.5. The summed E-state index contributed by atoms with van der Waals surface area (Å²) >= 11 is 0. The summed E-state index contributed by atoms with van der Waals surface area (Å²) in [5.74, 6) is 0.0246.